The van der Waals surface area contributed by atoms with Crippen LogP contribution in [0.2, 0.25) is 0 Å². The third kappa shape index (κ3) is 5.08. The van der Waals surface area contributed by atoms with Crippen LogP contribution < -0.4 is 10.0 Å². The molecule has 0 aromatic heterocycles. The minimum atomic E-state index is -5.09. The number of alkyl halides is 3. The summed E-state index contributed by atoms with van der Waals surface area (Å²) in [5, 5.41) is 2.99. The van der Waals surface area contributed by atoms with Gasteiger partial charge in [0.25, 0.3) is 10.0 Å². The fraction of sp³-hybridized carbons (Fsp3) is 0.316. The quantitative estimate of drug-likeness (QED) is 0.686. The van der Waals surface area contributed by atoms with Gasteiger partial charge in [0, 0.05) is 5.92 Å². The summed E-state index contributed by atoms with van der Waals surface area (Å²) in [6.45, 7) is 0.938. The lowest BCUT2D eigenvalue weighted by Gasteiger charge is -2.22. The van der Waals surface area contributed by atoms with Crippen LogP contribution in [0.3, 0.4) is 0 Å². The molecule has 1 heterocycles. The summed E-state index contributed by atoms with van der Waals surface area (Å²) in [7, 11) is -9.28. The second-order valence-corrected chi connectivity index (χ2v) is 10.6. The zero-order valence-electron chi connectivity index (χ0n) is 16.0. The number of sulfonamides is 1. The average molecular weight is 476 g/mol. The van der Waals surface area contributed by atoms with Crippen molar-refractivity contribution in [3.8, 4) is 0 Å². The van der Waals surface area contributed by atoms with Crippen LogP contribution in [0.15, 0.2) is 63.2 Å². The smallest absolute Gasteiger partial charge is 0.317 e. The molecule has 0 radical (unpaired) electrons. The Balaban J connectivity index is 2.06. The Kier molecular flexibility index (Phi) is 6.44. The maximum Gasteiger partial charge on any atom is 0.417 e. The Morgan fingerprint density at radius 1 is 0.935 bits per heavy atom. The van der Waals surface area contributed by atoms with E-state index in [-0.39, 0.29) is 4.90 Å². The van der Waals surface area contributed by atoms with Crippen molar-refractivity contribution in [2.24, 2.45) is 5.92 Å². The Hall–Kier alpha value is -2.44. The van der Waals surface area contributed by atoms with Crippen molar-refractivity contribution in [3.05, 3.63) is 54.1 Å². The van der Waals surface area contributed by atoms with Crippen molar-refractivity contribution >= 4 is 25.8 Å². The van der Waals surface area contributed by atoms with E-state index in [2.05, 4.69) is 5.32 Å². The van der Waals surface area contributed by atoms with Crippen LogP contribution in [-0.2, 0) is 30.8 Å². The van der Waals surface area contributed by atoms with E-state index in [1.807, 2.05) is 0 Å². The van der Waals surface area contributed by atoms with Crippen LogP contribution in [0.1, 0.15) is 18.4 Å². The molecule has 31 heavy (non-hydrogen) atoms. The summed E-state index contributed by atoms with van der Waals surface area (Å²) in [5.74, 6) is -1.60. The number of benzene rings is 2. The van der Waals surface area contributed by atoms with Crippen molar-refractivity contribution in [2.75, 3.05) is 13.1 Å². The molecule has 0 unspecified atom stereocenters. The van der Waals surface area contributed by atoms with Crippen molar-refractivity contribution in [2.45, 2.75) is 33.7 Å². The fourth-order valence-corrected chi connectivity index (χ4v) is 5.90. The highest BCUT2D eigenvalue weighted by Crippen LogP contribution is 2.36. The maximum atomic E-state index is 13.5. The average Bonchev–Trinajstić information content (AvgIpc) is 2.73. The van der Waals surface area contributed by atoms with E-state index in [9.17, 15) is 34.8 Å². The molecule has 12 heteroatoms. The summed E-state index contributed by atoms with van der Waals surface area (Å²) < 4.78 is 93.1. The minimum absolute atomic E-state index is 0.211. The normalized spacial score (nSPS) is 16.1. The van der Waals surface area contributed by atoms with E-state index in [0.717, 1.165) is 0 Å². The van der Waals surface area contributed by atoms with Crippen LogP contribution in [0.5, 0.6) is 0 Å². The van der Waals surface area contributed by atoms with Gasteiger partial charge < -0.3 is 5.32 Å². The van der Waals surface area contributed by atoms with Gasteiger partial charge in [-0.1, -0.05) is 18.2 Å². The molecule has 0 saturated carbocycles. The number of halogens is 3. The molecular weight excluding hydrogens is 457 g/mol. The summed E-state index contributed by atoms with van der Waals surface area (Å²) in [6.07, 6.45) is -4.43. The first kappa shape index (κ1) is 23.2. The first-order valence-electron chi connectivity index (χ1n) is 9.22. The molecule has 168 valence electrons. The van der Waals surface area contributed by atoms with E-state index in [0.29, 0.717) is 44.1 Å². The van der Waals surface area contributed by atoms with Gasteiger partial charge in [0.05, 0.1) is 15.4 Å². The number of piperidine rings is 1. The number of hydrogen-bond donors (Lipinski definition) is 2. The third-order valence-corrected chi connectivity index (χ3v) is 8.01. The predicted molar refractivity (Wildman–Crippen MR) is 104 cm³/mol. The summed E-state index contributed by atoms with van der Waals surface area (Å²) >= 11 is 0. The number of sulfone groups is 1. The van der Waals surface area contributed by atoms with E-state index >= 15 is 0 Å². The molecule has 2 aromatic carbocycles. The number of carbonyl (C=O) groups excluding carboxylic acids is 1. The fourth-order valence-electron chi connectivity index (χ4n) is 3.22. The second-order valence-electron chi connectivity index (χ2n) is 6.97. The van der Waals surface area contributed by atoms with E-state index in [1.54, 1.807) is 10.8 Å². The first-order chi connectivity index (χ1) is 14.4. The highest BCUT2D eigenvalue weighted by Gasteiger charge is 2.39. The van der Waals surface area contributed by atoms with Crippen LogP contribution in [0, 0.1) is 5.92 Å². The standard InChI is InChI=1S/C19H19F3N2O5S2/c20-19(21,22)16-7-6-15(30(26,27)14-4-2-1-3-5-14)12-17(16)31(28,29)24-18(25)13-8-10-23-11-9-13/h1-7,12-13,23H,8-11H2,(H,24,25). The van der Waals surface area contributed by atoms with Crippen LogP contribution in [0.25, 0.3) is 0 Å². The van der Waals surface area contributed by atoms with Crippen molar-refractivity contribution in [1.82, 2.24) is 10.0 Å². The van der Waals surface area contributed by atoms with Gasteiger partial charge in [-0.05, 0) is 56.3 Å². The number of hydrogen-bond acceptors (Lipinski definition) is 6. The van der Waals surface area contributed by atoms with Crippen LogP contribution >= 0.6 is 0 Å². The second kappa shape index (κ2) is 8.60. The van der Waals surface area contributed by atoms with E-state index < -0.39 is 53.2 Å². The monoisotopic (exact) mass is 476 g/mol. The van der Waals surface area contributed by atoms with E-state index in [1.165, 1.54) is 24.3 Å². The molecule has 2 aromatic rings. The predicted octanol–water partition coefficient (Wildman–Crippen LogP) is 2.34. The molecule has 0 spiro atoms. The summed E-state index contributed by atoms with van der Waals surface area (Å²) in [4.78, 5) is 10.2. The maximum absolute atomic E-state index is 13.5. The minimum Gasteiger partial charge on any atom is -0.317 e. The van der Waals surface area contributed by atoms with Crippen molar-refractivity contribution in [1.29, 1.82) is 0 Å². The van der Waals surface area contributed by atoms with Gasteiger partial charge in [0.15, 0.2) is 0 Å². The molecule has 0 bridgehead atoms. The molecule has 2 N–H and O–H groups in total. The van der Waals surface area contributed by atoms with Gasteiger partial charge in [-0.25, -0.2) is 21.6 Å². The van der Waals surface area contributed by atoms with E-state index in [4.69, 9.17) is 0 Å². The molecule has 1 saturated heterocycles. The van der Waals surface area contributed by atoms with Crippen LogP contribution in [0.4, 0.5) is 13.2 Å². The zero-order valence-corrected chi connectivity index (χ0v) is 17.6. The summed E-state index contributed by atoms with van der Waals surface area (Å²) in [6, 6.07) is 8.39. The van der Waals surface area contributed by atoms with Crippen molar-refractivity contribution in [3.63, 3.8) is 0 Å². The molecule has 0 atom stereocenters. The highest BCUT2D eigenvalue weighted by atomic mass is 32.2. The Morgan fingerprint density at radius 3 is 2.13 bits per heavy atom. The Bertz CT molecular complexity index is 1170. The van der Waals surface area contributed by atoms with Crippen LogP contribution in [-0.4, -0.2) is 35.8 Å². The lowest BCUT2D eigenvalue weighted by atomic mass is 9.98. The lowest BCUT2D eigenvalue weighted by molar-refractivity contribution is -0.140. The molecule has 0 aliphatic carbocycles. The highest BCUT2D eigenvalue weighted by molar-refractivity contribution is 7.92. The van der Waals surface area contributed by atoms with Gasteiger partial charge in [-0.3, -0.25) is 4.79 Å². The summed E-state index contributed by atoms with van der Waals surface area (Å²) in [5.41, 5.74) is -1.56. The zero-order chi connectivity index (χ0) is 22.9. The molecule has 7 nitrogen and oxygen atoms in total. The Labute approximate surface area is 177 Å². The molecular formula is C19H19F3N2O5S2. The largest absolute Gasteiger partial charge is 0.417 e. The number of rotatable bonds is 5. The first-order valence-corrected chi connectivity index (χ1v) is 12.2. The lowest BCUT2D eigenvalue weighted by Crippen LogP contribution is -2.41. The topological polar surface area (TPSA) is 109 Å². The third-order valence-electron chi connectivity index (χ3n) is 4.86. The molecule has 1 aliphatic heterocycles. The van der Waals surface area contributed by atoms with Gasteiger partial charge in [-0.15, -0.1) is 0 Å². The van der Waals surface area contributed by atoms with Gasteiger partial charge >= 0.3 is 6.18 Å². The number of carbonyl (C=O) groups is 1. The number of nitrogens with one attached hydrogen (secondary N) is 2. The van der Waals surface area contributed by atoms with Crippen molar-refractivity contribution < 1.29 is 34.8 Å². The number of amides is 1. The van der Waals surface area contributed by atoms with Gasteiger partial charge in [-0.2, -0.15) is 13.2 Å². The molecule has 1 aliphatic rings. The molecule has 1 amide bonds. The van der Waals surface area contributed by atoms with Gasteiger partial charge in [0.2, 0.25) is 15.7 Å². The Morgan fingerprint density at radius 2 is 1.55 bits per heavy atom. The van der Waals surface area contributed by atoms with Gasteiger partial charge in [0.1, 0.15) is 4.90 Å². The SMILES string of the molecule is O=C(NS(=O)(=O)c1cc(S(=O)(=O)c2ccccc2)ccc1C(F)(F)F)C1CCNCC1. The molecule has 1 fully saturated rings. The molecule has 3 rings (SSSR count).